The molecular weight excluding hydrogens is 316 g/mol. The summed E-state index contributed by atoms with van der Waals surface area (Å²) < 4.78 is 32.0. The lowest BCUT2D eigenvalue weighted by atomic mass is 10.0. The number of hydrogen-bond donors (Lipinski definition) is 2. The van der Waals surface area contributed by atoms with Gasteiger partial charge < -0.3 is 10.1 Å². The van der Waals surface area contributed by atoms with E-state index < -0.39 is 10.0 Å². The van der Waals surface area contributed by atoms with E-state index >= 15 is 0 Å². The van der Waals surface area contributed by atoms with Gasteiger partial charge in [0, 0.05) is 18.5 Å². The van der Waals surface area contributed by atoms with Crippen LogP contribution in [0.1, 0.15) is 40.5 Å². The SMILES string of the molecule is CCOc1ccc(S(=O)(=O)NCCC(=O)NC(C)(C)CC)cc1. The Morgan fingerprint density at radius 2 is 1.78 bits per heavy atom. The van der Waals surface area contributed by atoms with Gasteiger partial charge in [-0.3, -0.25) is 4.79 Å². The topological polar surface area (TPSA) is 84.5 Å². The van der Waals surface area contributed by atoms with Gasteiger partial charge in [-0.15, -0.1) is 0 Å². The zero-order valence-electron chi connectivity index (χ0n) is 14.2. The summed E-state index contributed by atoms with van der Waals surface area (Å²) in [5, 5.41) is 2.86. The molecule has 0 heterocycles. The Morgan fingerprint density at radius 1 is 1.17 bits per heavy atom. The summed E-state index contributed by atoms with van der Waals surface area (Å²) in [5.41, 5.74) is -0.287. The van der Waals surface area contributed by atoms with Crippen LogP contribution in [0.5, 0.6) is 5.75 Å². The van der Waals surface area contributed by atoms with E-state index in [0.717, 1.165) is 6.42 Å². The molecule has 7 heteroatoms. The van der Waals surface area contributed by atoms with Crippen molar-refractivity contribution in [3.8, 4) is 5.75 Å². The lowest BCUT2D eigenvalue weighted by Gasteiger charge is -2.24. The van der Waals surface area contributed by atoms with Crippen LogP contribution >= 0.6 is 0 Å². The van der Waals surface area contributed by atoms with Crippen LogP contribution in [-0.2, 0) is 14.8 Å². The number of sulfonamides is 1. The Bertz CT molecular complexity index is 609. The van der Waals surface area contributed by atoms with Gasteiger partial charge in [-0.2, -0.15) is 0 Å². The fraction of sp³-hybridized carbons (Fsp3) is 0.562. The van der Waals surface area contributed by atoms with Crippen LogP contribution in [0.25, 0.3) is 0 Å². The Hall–Kier alpha value is -1.60. The predicted molar refractivity (Wildman–Crippen MR) is 89.9 cm³/mol. The summed E-state index contributed by atoms with van der Waals surface area (Å²) >= 11 is 0. The molecule has 0 aliphatic rings. The largest absolute Gasteiger partial charge is 0.494 e. The maximum absolute atomic E-state index is 12.1. The first kappa shape index (κ1) is 19.4. The minimum absolute atomic E-state index is 0.0567. The number of rotatable bonds is 9. The Kier molecular flexibility index (Phi) is 7.02. The molecule has 0 bridgehead atoms. The van der Waals surface area contributed by atoms with Crippen molar-refractivity contribution in [3.63, 3.8) is 0 Å². The van der Waals surface area contributed by atoms with Crippen molar-refractivity contribution >= 4 is 15.9 Å². The third kappa shape index (κ3) is 6.58. The highest BCUT2D eigenvalue weighted by atomic mass is 32.2. The number of nitrogens with one attached hydrogen (secondary N) is 2. The van der Waals surface area contributed by atoms with E-state index in [0.29, 0.717) is 12.4 Å². The van der Waals surface area contributed by atoms with Crippen molar-refractivity contribution in [2.75, 3.05) is 13.2 Å². The van der Waals surface area contributed by atoms with Gasteiger partial charge in [0.25, 0.3) is 0 Å². The average molecular weight is 342 g/mol. The molecular formula is C16H26N2O4S. The normalized spacial score (nSPS) is 12.0. The second-order valence-electron chi connectivity index (χ2n) is 5.84. The molecule has 0 aliphatic heterocycles. The Morgan fingerprint density at radius 3 is 2.30 bits per heavy atom. The van der Waals surface area contributed by atoms with E-state index in [-0.39, 0.29) is 29.3 Å². The van der Waals surface area contributed by atoms with Crippen molar-refractivity contribution in [2.45, 2.75) is 51.0 Å². The van der Waals surface area contributed by atoms with Gasteiger partial charge in [0.1, 0.15) is 5.75 Å². The van der Waals surface area contributed by atoms with E-state index in [2.05, 4.69) is 10.0 Å². The summed E-state index contributed by atoms with van der Waals surface area (Å²) in [6.07, 6.45) is 0.899. The van der Waals surface area contributed by atoms with Crippen molar-refractivity contribution in [1.82, 2.24) is 10.0 Å². The van der Waals surface area contributed by atoms with E-state index in [9.17, 15) is 13.2 Å². The molecule has 0 atom stereocenters. The van der Waals surface area contributed by atoms with E-state index in [1.165, 1.54) is 12.1 Å². The van der Waals surface area contributed by atoms with Crippen LogP contribution in [0.3, 0.4) is 0 Å². The summed E-state index contributed by atoms with van der Waals surface area (Å²) in [6, 6.07) is 6.17. The summed E-state index contributed by atoms with van der Waals surface area (Å²) in [7, 11) is -3.62. The molecule has 0 aromatic heterocycles. The van der Waals surface area contributed by atoms with Crippen molar-refractivity contribution in [3.05, 3.63) is 24.3 Å². The highest BCUT2D eigenvalue weighted by Crippen LogP contribution is 2.15. The summed E-state index contributed by atoms with van der Waals surface area (Å²) in [4.78, 5) is 11.9. The maximum Gasteiger partial charge on any atom is 0.240 e. The number of carbonyl (C=O) groups excluding carboxylic acids is 1. The fourth-order valence-corrected chi connectivity index (χ4v) is 2.82. The lowest BCUT2D eigenvalue weighted by molar-refractivity contribution is -0.122. The number of carbonyl (C=O) groups is 1. The molecule has 6 nitrogen and oxygen atoms in total. The Balaban J connectivity index is 2.54. The van der Waals surface area contributed by atoms with Gasteiger partial charge in [-0.1, -0.05) is 6.92 Å². The second kappa shape index (κ2) is 8.31. The van der Waals surface area contributed by atoms with Crippen molar-refractivity contribution < 1.29 is 17.9 Å². The molecule has 0 saturated carbocycles. The molecule has 1 aromatic carbocycles. The van der Waals surface area contributed by atoms with E-state index in [4.69, 9.17) is 4.74 Å². The number of amides is 1. The van der Waals surface area contributed by atoms with Crippen LogP contribution in [-0.4, -0.2) is 33.0 Å². The van der Waals surface area contributed by atoms with Crippen LogP contribution in [0, 0.1) is 0 Å². The number of benzene rings is 1. The first-order valence-corrected chi connectivity index (χ1v) is 9.22. The molecule has 0 fully saturated rings. The average Bonchev–Trinajstić information content (AvgIpc) is 2.47. The van der Waals surface area contributed by atoms with Crippen LogP contribution in [0.15, 0.2) is 29.2 Å². The molecule has 1 amide bonds. The molecule has 0 radical (unpaired) electrons. The quantitative estimate of drug-likeness (QED) is 0.719. The zero-order chi connectivity index (χ0) is 17.5. The monoisotopic (exact) mass is 342 g/mol. The molecule has 0 aliphatic carbocycles. The van der Waals surface area contributed by atoms with Gasteiger partial charge in [0.15, 0.2) is 0 Å². The Labute approximate surface area is 138 Å². The minimum atomic E-state index is -3.62. The highest BCUT2D eigenvalue weighted by molar-refractivity contribution is 7.89. The van der Waals surface area contributed by atoms with Crippen LogP contribution in [0.2, 0.25) is 0 Å². The molecule has 23 heavy (non-hydrogen) atoms. The molecule has 1 aromatic rings. The second-order valence-corrected chi connectivity index (χ2v) is 7.60. The minimum Gasteiger partial charge on any atom is -0.494 e. The lowest BCUT2D eigenvalue weighted by Crippen LogP contribution is -2.43. The molecule has 130 valence electrons. The third-order valence-corrected chi connectivity index (χ3v) is 4.93. The fourth-order valence-electron chi connectivity index (χ4n) is 1.79. The molecule has 0 saturated heterocycles. The van der Waals surface area contributed by atoms with Gasteiger partial charge >= 0.3 is 0 Å². The van der Waals surface area contributed by atoms with Gasteiger partial charge in [-0.25, -0.2) is 13.1 Å². The zero-order valence-corrected chi connectivity index (χ0v) is 15.0. The molecule has 0 spiro atoms. The first-order chi connectivity index (χ1) is 10.7. The smallest absolute Gasteiger partial charge is 0.240 e. The summed E-state index contributed by atoms with van der Waals surface area (Å²) in [5.74, 6) is 0.443. The number of ether oxygens (including phenoxy) is 1. The molecule has 1 rings (SSSR count). The highest BCUT2D eigenvalue weighted by Gasteiger charge is 2.18. The van der Waals surface area contributed by atoms with Gasteiger partial charge in [-0.05, 0) is 51.5 Å². The van der Waals surface area contributed by atoms with Crippen LogP contribution < -0.4 is 14.8 Å². The van der Waals surface area contributed by atoms with Gasteiger partial charge in [0.05, 0.1) is 11.5 Å². The van der Waals surface area contributed by atoms with Gasteiger partial charge in [0.2, 0.25) is 15.9 Å². The maximum atomic E-state index is 12.1. The molecule has 0 unspecified atom stereocenters. The standard InChI is InChI=1S/C16H26N2O4S/c1-5-16(3,4)18-15(19)11-12-17-23(20,21)14-9-7-13(8-10-14)22-6-2/h7-10,17H,5-6,11-12H2,1-4H3,(H,18,19). The van der Waals surface area contributed by atoms with Crippen molar-refractivity contribution in [1.29, 1.82) is 0 Å². The van der Waals surface area contributed by atoms with E-state index in [1.54, 1.807) is 12.1 Å². The van der Waals surface area contributed by atoms with Crippen LogP contribution in [0.4, 0.5) is 0 Å². The van der Waals surface area contributed by atoms with E-state index in [1.807, 2.05) is 27.7 Å². The number of hydrogen-bond acceptors (Lipinski definition) is 4. The molecule has 2 N–H and O–H groups in total. The summed E-state index contributed by atoms with van der Waals surface area (Å²) in [6.45, 7) is 8.27. The first-order valence-electron chi connectivity index (χ1n) is 7.73. The predicted octanol–water partition coefficient (Wildman–Crippen LogP) is 2.06. The third-order valence-electron chi connectivity index (χ3n) is 3.45. The van der Waals surface area contributed by atoms with Crippen molar-refractivity contribution in [2.24, 2.45) is 0 Å².